The highest BCUT2D eigenvalue weighted by atomic mass is 35.5. The molecule has 0 spiro atoms. The van der Waals surface area contributed by atoms with Gasteiger partial charge in [-0.25, -0.2) is 13.4 Å². The Morgan fingerprint density at radius 2 is 1.85 bits per heavy atom. The quantitative estimate of drug-likeness (QED) is 0.562. The summed E-state index contributed by atoms with van der Waals surface area (Å²) in [6, 6.07) is 17.3. The lowest BCUT2D eigenvalue weighted by molar-refractivity contribution is 0.0730. The second-order valence-electron chi connectivity index (χ2n) is 7.22. The van der Waals surface area contributed by atoms with E-state index in [4.69, 9.17) is 21.1 Å². The maximum atomic E-state index is 13.0. The normalized spacial score (nSPS) is 14.5. The van der Waals surface area contributed by atoms with Gasteiger partial charge in [0.05, 0.1) is 47.2 Å². The summed E-state index contributed by atoms with van der Waals surface area (Å²) in [6.45, 7) is 1.28. The molecule has 0 atom stereocenters. The first-order chi connectivity index (χ1) is 15.9. The van der Waals surface area contributed by atoms with Crippen molar-refractivity contribution in [2.24, 2.45) is 0 Å². The third kappa shape index (κ3) is 4.94. The van der Waals surface area contributed by atoms with Crippen LogP contribution in [0.1, 0.15) is 5.56 Å². The molecule has 1 aliphatic rings. The Morgan fingerprint density at radius 3 is 2.52 bits per heavy atom. The number of methoxy groups -OCH3 is 1. The summed E-state index contributed by atoms with van der Waals surface area (Å²) in [7, 11) is -2.12. The molecule has 8 nitrogen and oxygen atoms in total. The fourth-order valence-electron chi connectivity index (χ4n) is 3.39. The molecule has 1 saturated heterocycles. The third-order valence-electron chi connectivity index (χ3n) is 5.20. The van der Waals surface area contributed by atoms with Gasteiger partial charge >= 0.3 is 0 Å². The summed E-state index contributed by atoms with van der Waals surface area (Å²) in [4.78, 5) is 4.68. The number of hydrogen-bond donors (Lipinski definition) is 1. The highest BCUT2D eigenvalue weighted by molar-refractivity contribution is 7.89. The van der Waals surface area contributed by atoms with Crippen LogP contribution in [0, 0.1) is 11.3 Å². The molecule has 3 aromatic rings. The number of nitrogens with zero attached hydrogens (tertiary/aromatic N) is 3. The molecule has 2 heterocycles. The van der Waals surface area contributed by atoms with Gasteiger partial charge in [-0.1, -0.05) is 11.6 Å². The number of sulfonamides is 1. The fourth-order valence-corrected chi connectivity index (χ4v) is 4.99. The SMILES string of the molecule is COc1ccc(-c2ccc(C#N)c(Nc3cc(S(=O)(=O)N4CCOCC4)ccc3Cl)n2)cc1. The number of hydrogen-bond acceptors (Lipinski definition) is 7. The highest BCUT2D eigenvalue weighted by Gasteiger charge is 2.27. The number of ether oxygens (including phenoxy) is 2. The van der Waals surface area contributed by atoms with Gasteiger partial charge in [-0.15, -0.1) is 0 Å². The Bertz CT molecular complexity index is 1300. The van der Waals surface area contributed by atoms with Gasteiger partial charge in [0.25, 0.3) is 0 Å². The molecule has 33 heavy (non-hydrogen) atoms. The Hall–Kier alpha value is -3.16. The van der Waals surface area contributed by atoms with Crippen LogP contribution in [0.25, 0.3) is 11.3 Å². The maximum Gasteiger partial charge on any atom is 0.243 e. The minimum atomic E-state index is -3.71. The predicted octanol–water partition coefficient (Wildman–Crippen LogP) is 4.05. The third-order valence-corrected chi connectivity index (χ3v) is 7.42. The van der Waals surface area contributed by atoms with Gasteiger partial charge in [0.15, 0.2) is 0 Å². The molecule has 4 rings (SSSR count). The second-order valence-corrected chi connectivity index (χ2v) is 9.56. The van der Waals surface area contributed by atoms with Crippen LogP contribution in [0.3, 0.4) is 0 Å². The molecule has 1 fully saturated rings. The standard InChI is InChI=1S/C23H21ClN4O4S/c1-31-18-5-2-16(3-6-18)21-9-4-17(15-25)23(26-21)27-22-14-19(7-8-20(22)24)33(29,30)28-10-12-32-13-11-28/h2-9,14H,10-13H2,1H3,(H,26,27). The smallest absolute Gasteiger partial charge is 0.243 e. The van der Waals surface area contributed by atoms with E-state index in [0.717, 1.165) is 11.3 Å². The number of rotatable bonds is 6. The van der Waals surface area contributed by atoms with Crippen molar-refractivity contribution in [1.82, 2.24) is 9.29 Å². The van der Waals surface area contributed by atoms with Crippen molar-refractivity contribution >= 4 is 33.1 Å². The lowest BCUT2D eigenvalue weighted by Gasteiger charge is -2.26. The number of nitrogens with one attached hydrogen (secondary N) is 1. The number of pyridine rings is 1. The van der Waals surface area contributed by atoms with Gasteiger partial charge in [0.2, 0.25) is 10.0 Å². The van der Waals surface area contributed by atoms with Gasteiger partial charge < -0.3 is 14.8 Å². The first kappa shape index (κ1) is 23.0. The van der Waals surface area contributed by atoms with Gasteiger partial charge in [-0.3, -0.25) is 0 Å². The Morgan fingerprint density at radius 1 is 1.12 bits per heavy atom. The van der Waals surface area contributed by atoms with Crippen molar-refractivity contribution < 1.29 is 17.9 Å². The van der Waals surface area contributed by atoms with Crippen molar-refractivity contribution in [3.63, 3.8) is 0 Å². The van der Waals surface area contributed by atoms with Gasteiger partial charge in [0.1, 0.15) is 17.6 Å². The molecular formula is C23H21ClN4O4S. The van der Waals surface area contributed by atoms with Crippen molar-refractivity contribution in [2.75, 3.05) is 38.7 Å². The number of nitriles is 1. The molecule has 170 valence electrons. The van der Waals surface area contributed by atoms with E-state index >= 15 is 0 Å². The summed E-state index contributed by atoms with van der Waals surface area (Å²) in [6.07, 6.45) is 0. The molecule has 0 unspecified atom stereocenters. The molecule has 0 amide bonds. The minimum Gasteiger partial charge on any atom is -0.497 e. The van der Waals surface area contributed by atoms with Gasteiger partial charge in [-0.05, 0) is 54.6 Å². The fraction of sp³-hybridized carbons (Fsp3) is 0.217. The summed E-state index contributed by atoms with van der Waals surface area (Å²) >= 11 is 6.35. The first-order valence-electron chi connectivity index (χ1n) is 10.1. The minimum absolute atomic E-state index is 0.0983. The summed E-state index contributed by atoms with van der Waals surface area (Å²) in [5.41, 5.74) is 2.09. The van der Waals surface area contributed by atoms with E-state index in [2.05, 4.69) is 16.4 Å². The Labute approximate surface area is 197 Å². The molecular weight excluding hydrogens is 464 g/mol. The average molecular weight is 485 g/mol. The largest absolute Gasteiger partial charge is 0.497 e. The maximum absolute atomic E-state index is 13.0. The zero-order valence-corrected chi connectivity index (χ0v) is 19.4. The summed E-state index contributed by atoms with van der Waals surface area (Å²) < 4.78 is 37.9. The van der Waals surface area contributed by atoms with Crippen molar-refractivity contribution in [2.45, 2.75) is 4.90 Å². The number of halogens is 1. The van der Waals surface area contributed by atoms with E-state index in [1.54, 1.807) is 19.2 Å². The van der Waals surface area contributed by atoms with Crippen LogP contribution in [0.15, 0.2) is 59.5 Å². The van der Waals surface area contributed by atoms with Crippen molar-refractivity contribution in [3.05, 3.63) is 65.2 Å². The Kier molecular flexibility index (Phi) is 6.81. The predicted molar refractivity (Wildman–Crippen MR) is 125 cm³/mol. The monoisotopic (exact) mass is 484 g/mol. The van der Waals surface area contributed by atoms with E-state index in [1.165, 1.54) is 22.5 Å². The molecule has 0 bridgehead atoms. The Balaban J connectivity index is 1.68. The topological polar surface area (TPSA) is 105 Å². The van der Waals surface area contributed by atoms with Gasteiger partial charge in [-0.2, -0.15) is 9.57 Å². The van der Waals surface area contributed by atoms with Crippen LogP contribution in [-0.2, 0) is 14.8 Å². The van der Waals surface area contributed by atoms with Crippen LogP contribution >= 0.6 is 11.6 Å². The van der Waals surface area contributed by atoms with E-state index < -0.39 is 10.0 Å². The molecule has 10 heteroatoms. The van der Waals surface area contributed by atoms with Crippen LogP contribution in [-0.4, -0.2) is 51.1 Å². The van der Waals surface area contributed by atoms with Crippen LogP contribution in [0.2, 0.25) is 5.02 Å². The molecule has 1 aliphatic heterocycles. The van der Waals surface area contributed by atoms with Gasteiger partial charge in [0, 0.05) is 18.7 Å². The zero-order valence-electron chi connectivity index (χ0n) is 17.8. The lowest BCUT2D eigenvalue weighted by atomic mass is 10.1. The van der Waals surface area contributed by atoms with E-state index in [9.17, 15) is 13.7 Å². The molecule has 2 aromatic carbocycles. The molecule has 0 aliphatic carbocycles. The number of anilines is 2. The first-order valence-corrected chi connectivity index (χ1v) is 11.9. The number of benzene rings is 2. The van der Waals surface area contributed by atoms with Crippen LogP contribution in [0.5, 0.6) is 5.75 Å². The summed E-state index contributed by atoms with van der Waals surface area (Å²) in [5.74, 6) is 0.990. The molecule has 0 radical (unpaired) electrons. The van der Waals surface area contributed by atoms with E-state index in [1.807, 2.05) is 24.3 Å². The molecule has 1 N–H and O–H groups in total. The van der Waals surface area contributed by atoms with Crippen molar-refractivity contribution in [3.8, 4) is 23.1 Å². The molecule has 0 saturated carbocycles. The van der Waals surface area contributed by atoms with Crippen molar-refractivity contribution in [1.29, 1.82) is 5.26 Å². The zero-order chi connectivity index (χ0) is 23.4. The van der Waals surface area contributed by atoms with Crippen LogP contribution in [0.4, 0.5) is 11.5 Å². The highest BCUT2D eigenvalue weighted by Crippen LogP contribution is 2.31. The molecule has 1 aromatic heterocycles. The second kappa shape index (κ2) is 9.77. The van der Waals surface area contributed by atoms with Crippen LogP contribution < -0.4 is 10.1 Å². The van der Waals surface area contributed by atoms with E-state index in [-0.39, 0.29) is 23.8 Å². The summed E-state index contributed by atoms with van der Waals surface area (Å²) in [5, 5.41) is 12.9. The van der Waals surface area contributed by atoms with E-state index in [0.29, 0.717) is 35.2 Å². The average Bonchev–Trinajstić information content (AvgIpc) is 2.86. The number of morpholine rings is 1. The number of aromatic nitrogens is 1. The lowest BCUT2D eigenvalue weighted by Crippen LogP contribution is -2.40.